The zero-order valence-corrected chi connectivity index (χ0v) is 21.8. The molecule has 2 heterocycles. The molecule has 2 aromatic heterocycles. The van der Waals surface area contributed by atoms with Crippen LogP contribution in [0.4, 0.5) is 5.13 Å². The summed E-state index contributed by atoms with van der Waals surface area (Å²) in [6, 6.07) is 21.1. The van der Waals surface area contributed by atoms with Gasteiger partial charge in [0.25, 0.3) is 5.91 Å². The third kappa shape index (κ3) is 5.58. The molecule has 5 rings (SSSR count). The third-order valence-electron chi connectivity index (χ3n) is 5.99. The molecule has 8 heteroatoms. The number of halogens is 1. The maximum absolute atomic E-state index is 13.7. The van der Waals surface area contributed by atoms with E-state index in [1.54, 1.807) is 28.8 Å². The minimum atomic E-state index is -0.0738. The van der Waals surface area contributed by atoms with E-state index in [1.807, 2.05) is 65.4 Å². The Balaban J connectivity index is 0.00000304. The number of rotatable bonds is 8. The van der Waals surface area contributed by atoms with Crippen LogP contribution in [0.5, 0.6) is 11.5 Å². The van der Waals surface area contributed by atoms with Gasteiger partial charge in [-0.15, -0.1) is 12.4 Å². The number of hydrogen-bond acceptors (Lipinski definition) is 5. The first-order valence-electron chi connectivity index (χ1n) is 11.6. The molecule has 3 aromatic carbocycles. The van der Waals surface area contributed by atoms with Gasteiger partial charge in [0.2, 0.25) is 0 Å². The van der Waals surface area contributed by atoms with E-state index in [0.29, 0.717) is 23.0 Å². The molecule has 1 amide bonds. The van der Waals surface area contributed by atoms with Crippen molar-refractivity contribution in [2.24, 2.45) is 0 Å². The zero-order chi connectivity index (χ0) is 24.2. The second-order valence-electron chi connectivity index (χ2n) is 8.40. The molecule has 0 bridgehead atoms. The van der Waals surface area contributed by atoms with Crippen LogP contribution in [-0.4, -0.2) is 27.0 Å². The van der Waals surface area contributed by atoms with Crippen molar-refractivity contribution in [1.82, 2.24) is 14.5 Å². The van der Waals surface area contributed by atoms with E-state index in [2.05, 4.69) is 31.0 Å². The molecule has 0 saturated heterocycles. The van der Waals surface area contributed by atoms with Gasteiger partial charge in [0.1, 0.15) is 11.5 Å². The number of anilines is 1. The minimum Gasteiger partial charge on any atom is -0.457 e. The molecule has 5 aromatic rings. The van der Waals surface area contributed by atoms with Crippen LogP contribution in [0.2, 0.25) is 0 Å². The molecule has 184 valence electrons. The number of carbonyl (C=O) groups is 1. The number of fused-ring (bicyclic) bond motifs is 1. The van der Waals surface area contributed by atoms with Crippen LogP contribution in [0.3, 0.4) is 0 Å². The fraction of sp³-hybridized carbons (Fsp3) is 0.179. The van der Waals surface area contributed by atoms with Gasteiger partial charge in [0.05, 0.1) is 16.5 Å². The zero-order valence-electron chi connectivity index (χ0n) is 20.1. The van der Waals surface area contributed by atoms with Crippen molar-refractivity contribution in [1.29, 1.82) is 0 Å². The van der Waals surface area contributed by atoms with Crippen molar-refractivity contribution in [3.8, 4) is 11.5 Å². The van der Waals surface area contributed by atoms with E-state index in [1.165, 1.54) is 5.56 Å². The Hall–Kier alpha value is -3.68. The highest BCUT2D eigenvalue weighted by atomic mass is 35.5. The van der Waals surface area contributed by atoms with Crippen LogP contribution in [-0.2, 0) is 6.54 Å². The number of ether oxygens (including phenoxy) is 1. The first-order chi connectivity index (χ1) is 17.1. The van der Waals surface area contributed by atoms with Gasteiger partial charge in [-0.05, 0) is 73.9 Å². The standard InChI is InChI=1S/C28H26N4O2S.ClH/c1-20-9-14-25-26(21(20)2)30-28(35-25)32(17-6-16-31-18-15-29-19-31)27(33)22-10-12-24(13-11-22)34-23-7-4-3-5-8-23;/h3-5,7-15,18-19H,6,16-17H2,1-2H3;1H. The molecule has 6 nitrogen and oxygen atoms in total. The second-order valence-corrected chi connectivity index (χ2v) is 9.41. The number of amides is 1. The summed E-state index contributed by atoms with van der Waals surface area (Å²) in [6.07, 6.45) is 6.27. The molecule has 0 fully saturated rings. The number of thiazole rings is 1. The van der Waals surface area contributed by atoms with E-state index in [-0.39, 0.29) is 18.3 Å². The molecule has 0 radical (unpaired) electrons. The lowest BCUT2D eigenvalue weighted by molar-refractivity contribution is 0.0986. The number of imidazole rings is 1. The number of aromatic nitrogens is 3. The molecular weight excluding hydrogens is 492 g/mol. The normalized spacial score (nSPS) is 10.7. The van der Waals surface area contributed by atoms with Crippen molar-refractivity contribution >= 4 is 45.0 Å². The Morgan fingerprint density at radius 3 is 2.47 bits per heavy atom. The topological polar surface area (TPSA) is 60.2 Å². The van der Waals surface area contributed by atoms with Crippen LogP contribution in [0.25, 0.3) is 10.2 Å². The third-order valence-corrected chi connectivity index (χ3v) is 7.03. The summed E-state index contributed by atoms with van der Waals surface area (Å²) >= 11 is 1.55. The Labute approximate surface area is 220 Å². The van der Waals surface area contributed by atoms with Crippen LogP contribution < -0.4 is 9.64 Å². The average molecular weight is 519 g/mol. The van der Waals surface area contributed by atoms with Gasteiger partial charge in [0.15, 0.2) is 5.13 Å². The summed E-state index contributed by atoms with van der Waals surface area (Å²) in [5, 5.41) is 0.717. The fourth-order valence-electron chi connectivity index (χ4n) is 3.89. The van der Waals surface area contributed by atoms with Crippen molar-refractivity contribution < 1.29 is 9.53 Å². The molecule has 0 unspecified atom stereocenters. The highest BCUT2D eigenvalue weighted by molar-refractivity contribution is 7.22. The summed E-state index contributed by atoms with van der Waals surface area (Å²) in [5.74, 6) is 1.37. The van der Waals surface area contributed by atoms with Crippen molar-refractivity contribution in [2.45, 2.75) is 26.8 Å². The first-order valence-corrected chi connectivity index (χ1v) is 12.4. The number of carbonyl (C=O) groups excluding carboxylic acids is 1. The van der Waals surface area contributed by atoms with Crippen LogP contribution in [0.1, 0.15) is 27.9 Å². The monoisotopic (exact) mass is 518 g/mol. The summed E-state index contributed by atoms with van der Waals surface area (Å²) in [7, 11) is 0. The molecule has 0 aliphatic rings. The average Bonchev–Trinajstić information content (AvgIpc) is 3.55. The van der Waals surface area contributed by atoms with Gasteiger partial charge in [0, 0.05) is 31.0 Å². The molecular formula is C28H27ClN4O2S. The van der Waals surface area contributed by atoms with Crippen LogP contribution in [0, 0.1) is 13.8 Å². The largest absolute Gasteiger partial charge is 0.457 e. The van der Waals surface area contributed by atoms with Gasteiger partial charge < -0.3 is 9.30 Å². The number of hydrogen-bond donors (Lipinski definition) is 0. The Morgan fingerprint density at radius 1 is 1.00 bits per heavy atom. The van der Waals surface area contributed by atoms with E-state index in [0.717, 1.165) is 34.5 Å². The Bertz CT molecular complexity index is 1430. The predicted molar refractivity (Wildman–Crippen MR) is 148 cm³/mol. The first kappa shape index (κ1) is 25.4. The van der Waals surface area contributed by atoms with E-state index in [4.69, 9.17) is 9.72 Å². The van der Waals surface area contributed by atoms with Gasteiger partial charge in [-0.3, -0.25) is 9.69 Å². The molecule has 0 N–H and O–H groups in total. The quantitative estimate of drug-likeness (QED) is 0.220. The molecule has 0 atom stereocenters. The molecule has 36 heavy (non-hydrogen) atoms. The molecule has 0 saturated carbocycles. The Morgan fingerprint density at radius 2 is 1.75 bits per heavy atom. The predicted octanol–water partition coefficient (Wildman–Crippen LogP) is 7.06. The van der Waals surface area contributed by atoms with Crippen molar-refractivity contribution in [2.75, 3.05) is 11.4 Å². The number of para-hydroxylation sites is 1. The van der Waals surface area contributed by atoms with Crippen LogP contribution in [0.15, 0.2) is 85.5 Å². The number of aryl methyl sites for hydroxylation is 3. The highest BCUT2D eigenvalue weighted by Crippen LogP contribution is 2.33. The summed E-state index contributed by atoms with van der Waals surface area (Å²) in [4.78, 5) is 24.5. The Kier molecular flexibility index (Phi) is 8.03. The number of nitrogens with zero attached hydrogens (tertiary/aromatic N) is 4. The van der Waals surface area contributed by atoms with Crippen molar-refractivity contribution in [3.63, 3.8) is 0 Å². The lowest BCUT2D eigenvalue weighted by Gasteiger charge is -2.20. The fourth-order valence-corrected chi connectivity index (χ4v) is 4.94. The van der Waals surface area contributed by atoms with Crippen LogP contribution >= 0.6 is 23.7 Å². The van der Waals surface area contributed by atoms with Gasteiger partial charge in [-0.1, -0.05) is 35.6 Å². The van der Waals surface area contributed by atoms with Gasteiger partial charge in [-0.25, -0.2) is 9.97 Å². The molecule has 0 spiro atoms. The maximum atomic E-state index is 13.7. The summed E-state index contributed by atoms with van der Waals surface area (Å²) in [5.41, 5.74) is 3.91. The molecule has 0 aliphatic carbocycles. The van der Waals surface area contributed by atoms with Crippen molar-refractivity contribution in [3.05, 3.63) is 102 Å². The second kappa shape index (κ2) is 11.4. The minimum absolute atomic E-state index is 0. The number of benzene rings is 3. The smallest absolute Gasteiger partial charge is 0.260 e. The SMILES string of the molecule is Cc1ccc2sc(N(CCCn3ccnc3)C(=O)c3ccc(Oc4ccccc4)cc3)nc2c1C.Cl. The van der Waals surface area contributed by atoms with Gasteiger partial charge in [-0.2, -0.15) is 0 Å². The maximum Gasteiger partial charge on any atom is 0.260 e. The lowest BCUT2D eigenvalue weighted by atomic mass is 10.1. The van der Waals surface area contributed by atoms with E-state index in [9.17, 15) is 4.79 Å². The molecule has 0 aliphatic heterocycles. The summed E-state index contributed by atoms with van der Waals surface area (Å²) in [6.45, 7) is 5.49. The van der Waals surface area contributed by atoms with Gasteiger partial charge >= 0.3 is 0 Å². The summed E-state index contributed by atoms with van der Waals surface area (Å²) < 4.78 is 8.99. The van der Waals surface area contributed by atoms with E-state index >= 15 is 0 Å². The van der Waals surface area contributed by atoms with E-state index < -0.39 is 0 Å². The highest BCUT2D eigenvalue weighted by Gasteiger charge is 2.22. The lowest BCUT2D eigenvalue weighted by Crippen LogP contribution is -2.32.